The molecule has 0 fully saturated rings. The van der Waals surface area contributed by atoms with Crippen LogP contribution in [0.1, 0.15) is 12.3 Å². The SMILES string of the molecule is COCCCn1c(SCc2nc(-c3ccc(Cl)cc3)no2)nc2cc3c(cc2c1=O)OCO3. The maximum atomic E-state index is 13.3. The predicted molar refractivity (Wildman–Crippen MR) is 123 cm³/mol. The first-order chi connectivity index (χ1) is 16.1. The van der Waals surface area contributed by atoms with Crippen LogP contribution in [0.15, 0.2) is 50.9 Å². The molecule has 11 heteroatoms. The Kier molecular flexibility index (Phi) is 6.21. The monoisotopic (exact) mass is 486 g/mol. The fourth-order valence-corrected chi connectivity index (χ4v) is 4.41. The minimum absolute atomic E-state index is 0.127. The average Bonchev–Trinajstić information content (AvgIpc) is 3.48. The Morgan fingerprint density at radius 2 is 1.94 bits per heavy atom. The zero-order chi connectivity index (χ0) is 22.8. The maximum absolute atomic E-state index is 13.3. The zero-order valence-electron chi connectivity index (χ0n) is 17.6. The third-order valence-electron chi connectivity index (χ3n) is 5.04. The summed E-state index contributed by atoms with van der Waals surface area (Å²) in [4.78, 5) is 22.5. The van der Waals surface area contributed by atoms with Crippen LogP contribution in [0.2, 0.25) is 5.02 Å². The van der Waals surface area contributed by atoms with Gasteiger partial charge in [0, 0.05) is 36.9 Å². The predicted octanol–water partition coefficient (Wildman–Crippen LogP) is 4.16. The van der Waals surface area contributed by atoms with Gasteiger partial charge < -0.3 is 18.7 Å². The van der Waals surface area contributed by atoms with Gasteiger partial charge in [-0.15, -0.1) is 0 Å². The second-order valence-electron chi connectivity index (χ2n) is 7.23. The Balaban J connectivity index is 1.44. The number of thioether (sulfide) groups is 1. The maximum Gasteiger partial charge on any atom is 0.262 e. The van der Waals surface area contributed by atoms with Gasteiger partial charge in [0.25, 0.3) is 5.56 Å². The van der Waals surface area contributed by atoms with Crippen molar-refractivity contribution in [3.8, 4) is 22.9 Å². The molecular weight excluding hydrogens is 468 g/mol. The van der Waals surface area contributed by atoms with E-state index in [-0.39, 0.29) is 12.4 Å². The van der Waals surface area contributed by atoms with Gasteiger partial charge in [-0.2, -0.15) is 4.98 Å². The summed E-state index contributed by atoms with van der Waals surface area (Å²) in [5, 5.41) is 5.70. The molecule has 0 atom stereocenters. The van der Waals surface area contributed by atoms with Gasteiger partial charge in [0.15, 0.2) is 16.7 Å². The number of benzene rings is 2. The molecule has 0 radical (unpaired) electrons. The first-order valence-corrected chi connectivity index (χ1v) is 11.5. The highest BCUT2D eigenvalue weighted by molar-refractivity contribution is 7.98. The smallest absolute Gasteiger partial charge is 0.262 e. The van der Waals surface area contributed by atoms with Crippen LogP contribution in [0.4, 0.5) is 0 Å². The van der Waals surface area contributed by atoms with Crippen molar-refractivity contribution in [3.63, 3.8) is 0 Å². The van der Waals surface area contributed by atoms with E-state index < -0.39 is 0 Å². The van der Waals surface area contributed by atoms with E-state index >= 15 is 0 Å². The fraction of sp³-hybridized carbons (Fsp3) is 0.273. The van der Waals surface area contributed by atoms with Crippen molar-refractivity contribution in [2.45, 2.75) is 23.9 Å². The van der Waals surface area contributed by atoms with Crippen molar-refractivity contribution >= 4 is 34.3 Å². The number of hydrogen-bond donors (Lipinski definition) is 0. The summed E-state index contributed by atoms with van der Waals surface area (Å²) in [5.74, 6) is 2.37. The first kappa shape index (κ1) is 21.7. The average molecular weight is 487 g/mol. The van der Waals surface area contributed by atoms with Crippen LogP contribution in [0.3, 0.4) is 0 Å². The molecule has 0 bridgehead atoms. The third kappa shape index (κ3) is 4.54. The van der Waals surface area contributed by atoms with Crippen LogP contribution in [0.25, 0.3) is 22.3 Å². The van der Waals surface area contributed by atoms with E-state index in [1.807, 2.05) is 12.1 Å². The summed E-state index contributed by atoms with van der Waals surface area (Å²) in [6.07, 6.45) is 0.670. The van der Waals surface area contributed by atoms with Crippen molar-refractivity contribution in [1.29, 1.82) is 0 Å². The number of fused-ring (bicyclic) bond motifs is 2. The van der Waals surface area contributed by atoms with E-state index in [1.54, 1.807) is 35.9 Å². The van der Waals surface area contributed by atoms with E-state index in [0.717, 1.165) is 5.56 Å². The largest absolute Gasteiger partial charge is 0.454 e. The van der Waals surface area contributed by atoms with Crippen LogP contribution in [-0.4, -0.2) is 40.2 Å². The molecule has 1 aliphatic heterocycles. The third-order valence-corrected chi connectivity index (χ3v) is 6.25. The van der Waals surface area contributed by atoms with Crippen LogP contribution >= 0.6 is 23.4 Å². The molecule has 9 nitrogen and oxygen atoms in total. The minimum Gasteiger partial charge on any atom is -0.454 e. The second-order valence-corrected chi connectivity index (χ2v) is 8.61. The first-order valence-electron chi connectivity index (χ1n) is 10.2. The lowest BCUT2D eigenvalue weighted by molar-refractivity contribution is 0.174. The summed E-state index contributed by atoms with van der Waals surface area (Å²) >= 11 is 7.30. The normalized spacial score (nSPS) is 12.5. The summed E-state index contributed by atoms with van der Waals surface area (Å²) < 4.78 is 23.1. The van der Waals surface area contributed by atoms with Crippen LogP contribution in [-0.2, 0) is 17.0 Å². The Morgan fingerprint density at radius 3 is 2.73 bits per heavy atom. The lowest BCUT2D eigenvalue weighted by Gasteiger charge is -2.12. The van der Waals surface area contributed by atoms with Crippen LogP contribution < -0.4 is 15.0 Å². The Bertz CT molecular complexity index is 1360. The molecule has 2 aromatic heterocycles. The molecule has 4 aromatic rings. The fourth-order valence-electron chi connectivity index (χ4n) is 3.42. The molecule has 0 aliphatic carbocycles. The van der Waals surface area contributed by atoms with E-state index in [4.69, 9.17) is 35.3 Å². The molecule has 0 unspecified atom stereocenters. The minimum atomic E-state index is -0.149. The van der Waals surface area contributed by atoms with Crippen molar-refractivity contribution in [2.75, 3.05) is 20.5 Å². The summed E-state index contributed by atoms with van der Waals surface area (Å²) in [5.41, 5.74) is 1.20. The zero-order valence-corrected chi connectivity index (χ0v) is 19.2. The molecule has 170 valence electrons. The van der Waals surface area contributed by atoms with Gasteiger partial charge in [-0.25, -0.2) is 4.98 Å². The van der Waals surface area contributed by atoms with Gasteiger partial charge in [0.05, 0.1) is 16.7 Å². The van der Waals surface area contributed by atoms with E-state index in [2.05, 4.69) is 10.1 Å². The number of rotatable bonds is 8. The molecule has 5 rings (SSSR count). The molecule has 0 amide bonds. The molecule has 33 heavy (non-hydrogen) atoms. The highest BCUT2D eigenvalue weighted by Gasteiger charge is 2.20. The Labute approximate surface area is 197 Å². The standard InChI is InChI=1S/C22H19ClN4O5S/c1-29-8-2-7-27-21(28)15-9-17-18(31-12-30-17)10-16(15)24-22(27)33-11-19-25-20(26-32-19)13-3-5-14(23)6-4-13/h3-6,9-10H,2,7-8,11-12H2,1H3. The van der Waals surface area contributed by atoms with E-state index in [0.29, 0.717) is 69.6 Å². The number of nitrogens with zero attached hydrogens (tertiary/aromatic N) is 4. The summed E-state index contributed by atoms with van der Waals surface area (Å²) in [6, 6.07) is 10.6. The van der Waals surface area contributed by atoms with Crippen LogP contribution in [0, 0.1) is 0 Å². The topological polar surface area (TPSA) is 102 Å². The molecule has 2 aromatic carbocycles. The molecule has 3 heterocycles. The van der Waals surface area contributed by atoms with Gasteiger partial charge in [0.1, 0.15) is 0 Å². The van der Waals surface area contributed by atoms with Gasteiger partial charge in [-0.05, 0) is 36.8 Å². The van der Waals surface area contributed by atoms with E-state index in [1.165, 1.54) is 11.8 Å². The molecule has 0 spiro atoms. The lowest BCUT2D eigenvalue weighted by atomic mass is 10.2. The lowest BCUT2D eigenvalue weighted by Crippen LogP contribution is -2.24. The summed E-state index contributed by atoms with van der Waals surface area (Å²) in [7, 11) is 1.63. The Morgan fingerprint density at radius 1 is 1.15 bits per heavy atom. The summed E-state index contributed by atoms with van der Waals surface area (Å²) in [6.45, 7) is 1.12. The number of methoxy groups -OCH3 is 1. The second kappa shape index (κ2) is 9.42. The molecule has 0 saturated heterocycles. The number of aromatic nitrogens is 4. The van der Waals surface area contributed by atoms with Crippen molar-refractivity contribution < 1.29 is 18.7 Å². The molecule has 0 N–H and O–H groups in total. The molecule has 0 saturated carbocycles. The van der Waals surface area contributed by atoms with Gasteiger partial charge in [-0.1, -0.05) is 28.5 Å². The molecule has 1 aliphatic rings. The van der Waals surface area contributed by atoms with Gasteiger partial charge in [-0.3, -0.25) is 9.36 Å². The van der Waals surface area contributed by atoms with Crippen molar-refractivity contribution in [3.05, 3.63) is 57.7 Å². The van der Waals surface area contributed by atoms with Crippen molar-refractivity contribution in [2.24, 2.45) is 0 Å². The van der Waals surface area contributed by atoms with E-state index in [9.17, 15) is 4.79 Å². The van der Waals surface area contributed by atoms with Crippen molar-refractivity contribution in [1.82, 2.24) is 19.7 Å². The quantitative estimate of drug-likeness (QED) is 0.206. The number of halogens is 1. The molecular formula is C22H19ClN4O5S. The highest BCUT2D eigenvalue weighted by Crippen LogP contribution is 2.35. The number of ether oxygens (including phenoxy) is 3. The Hall–Kier alpha value is -3.08. The van der Waals surface area contributed by atoms with Crippen LogP contribution in [0.5, 0.6) is 11.5 Å². The number of hydrogen-bond acceptors (Lipinski definition) is 9. The van der Waals surface area contributed by atoms with Gasteiger partial charge >= 0.3 is 0 Å². The highest BCUT2D eigenvalue weighted by atomic mass is 35.5. The van der Waals surface area contributed by atoms with Gasteiger partial charge in [0.2, 0.25) is 18.5 Å².